The summed E-state index contributed by atoms with van der Waals surface area (Å²) in [5, 5.41) is 0. The van der Waals surface area contributed by atoms with Crippen molar-refractivity contribution in [1.82, 2.24) is 4.72 Å². The van der Waals surface area contributed by atoms with Gasteiger partial charge in [-0.2, -0.15) is 0 Å². The highest BCUT2D eigenvalue weighted by Gasteiger charge is 2.22. The van der Waals surface area contributed by atoms with Gasteiger partial charge >= 0.3 is 0 Å². The lowest BCUT2D eigenvalue weighted by atomic mass is 10.1. The standard InChI is InChI=1S/C12H17BrFNOS/c1-8(15-17(16)12(2,3)4)10-7-9(13)5-6-11(10)14/h5-8,15H,1-4H3/t8-,17-/m1/s1. The third-order valence-electron chi connectivity index (χ3n) is 2.26. The van der Waals surface area contributed by atoms with E-state index in [1.807, 2.05) is 20.8 Å². The van der Waals surface area contributed by atoms with Crippen molar-refractivity contribution in [3.63, 3.8) is 0 Å². The Morgan fingerprint density at radius 2 is 2.00 bits per heavy atom. The SMILES string of the molecule is C[C@@H](N[S@](=O)C(C)(C)C)c1cc(Br)ccc1F. The van der Waals surface area contributed by atoms with Crippen molar-refractivity contribution in [2.75, 3.05) is 0 Å². The zero-order valence-corrected chi connectivity index (χ0v) is 12.8. The zero-order valence-electron chi connectivity index (χ0n) is 10.4. The van der Waals surface area contributed by atoms with Crippen LogP contribution in [0.25, 0.3) is 0 Å². The molecule has 0 aromatic heterocycles. The molecule has 0 saturated carbocycles. The predicted octanol–water partition coefficient (Wildman–Crippen LogP) is 3.70. The molecule has 2 atom stereocenters. The minimum Gasteiger partial charge on any atom is -0.242 e. The second-order valence-electron chi connectivity index (χ2n) is 4.89. The van der Waals surface area contributed by atoms with Gasteiger partial charge in [-0.1, -0.05) is 15.9 Å². The van der Waals surface area contributed by atoms with Gasteiger partial charge in [0.25, 0.3) is 0 Å². The Morgan fingerprint density at radius 3 is 2.53 bits per heavy atom. The molecule has 0 saturated heterocycles. The number of halogens is 2. The number of rotatable bonds is 3. The van der Waals surface area contributed by atoms with Gasteiger partial charge in [-0.15, -0.1) is 0 Å². The first-order valence-electron chi connectivity index (χ1n) is 5.35. The van der Waals surface area contributed by atoms with Crippen molar-refractivity contribution in [1.29, 1.82) is 0 Å². The fourth-order valence-corrected chi connectivity index (χ4v) is 2.43. The van der Waals surface area contributed by atoms with Crippen molar-refractivity contribution in [2.45, 2.75) is 38.5 Å². The zero-order chi connectivity index (χ0) is 13.2. The molecule has 96 valence electrons. The molecular weight excluding hydrogens is 305 g/mol. The third-order valence-corrected chi connectivity index (χ3v) is 4.44. The molecule has 0 radical (unpaired) electrons. The topological polar surface area (TPSA) is 29.1 Å². The molecule has 0 amide bonds. The first-order chi connectivity index (χ1) is 7.71. The van der Waals surface area contributed by atoms with Crippen LogP contribution < -0.4 is 4.72 Å². The second kappa shape index (κ2) is 5.59. The van der Waals surface area contributed by atoms with E-state index in [1.165, 1.54) is 6.07 Å². The largest absolute Gasteiger partial charge is 0.242 e. The van der Waals surface area contributed by atoms with Gasteiger partial charge in [0.2, 0.25) is 0 Å². The van der Waals surface area contributed by atoms with Crippen LogP contribution in [0.1, 0.15) is 39.3 Å². The van der Waals surface area contributed by atoms with Gasteiger partial charge in [0.1, 0.15) is 5.82 Å². The lowest BCUT2D eigenvalue weighted by Gasteiger charge is -2.22. The van der Waals surface area contributed by atoms with E-state index in [1.54, 1.807) is 19.1 Å². The van der Waals surface area contributed by atoms with Crippen molar-refractivity contribution in [3.05, 3.63) is 34.1 Å². The van der Waals surface area contributed by atoms with E-state index >= 15 is 0 Å². The molecule has 0 bridgehead atoms. The molecule has 0 unspecified atom stereocenters. The molecular formula is C12H17BrFNOS. The maximum absolute atomic E-state index is 13.6. The first kappa shape index (κ1) is 14.8. The van der Waals surface area contributed by atoms with Crippen LogP contribution in [0.2, 0.25) is 0 Å². The second-order valence-corrected chi connectivity index (χ2v) is 7.80. The van der Waals surface area contributed by atoms with E-state index in [0.717, 1.165) is 4.47 Å². The monoisotopic (exact) mass is 321 g/mol. The summed E-state index contributed by atoms with van der Waals surface area (Å²) in [6.45, 7) is 7.43. The average Bonchev–Trinajstić information content (AvgIpc) is 2.20. The van der Waals surface area contributed by atoms with E-state index in [4.69, 9.17) is 0 Å². The molecule has 0 aliphatic rings. The highest BCUT2D eigenvalue weighted by Crippen LogP contribution is 2.23. The van der Waals surface area contributed by atoms with E-state index in [9.17, 15) is 8.60 Å². The number of hydrogen-bond donors (Lipinski definition) is 1. The van der Waals surface area contributed by atoms with E-state index in [0.29, 0.717) is 5.56 Å². The lowest BCUT2D eigenvalue weighted by Crippen LogP contribution is -2.35. The molecule has 17 heavy (non-hydrogen) atoms. The Balaban J connectivity index is 2.87. The molecule has 2 nitrogen and oxygen atoms in total. The fourth-order valence-electron chi connectivity index (χ4n) is 1.25. The molecule has 0 aliphatic heterocycles. The maximum Gasteiger partial charge on any atom is 0.128 e. The number of nitrogens with one attached hydrogen (secondary N) is 1. The van der Waals surface area contributed by atoms with Crippen LogP contribution in [-0.2, 0) is 11.0 Å². The lowest BCUT2D eigenvalue weighted by molar-refractivity contribution is 0.571. The summed E-state index contributed by atoms with van der Waals surface area (Å²) in [6.07, 6.45) is 0. The Kier molecular flexibility index (Phi) is 4.86. The molecule has 0 aliphatic carbocycles. The molecule has 1 aromatic carbocycles. The summed E-state index contributed by atoms with van der Waals surface area (Å²) in [6, 6.07) is 4.45. The Labute approximate surface area is 113 Å². The molecule has 5 heteroatoms. The van der Waals surface area contributed by atoms with Crippen LogP contribution in [0.3, 0.4) is 0 Å². The Hall–Kier alpha value is -0.260. The van der Waals surface area contributed by atoms with Crippen molar-refractivity contribution < 1.29 is 8.60 Å². The minimum atomic E-state index is -1.21. The molecule has 1 N–H and O–H groups in total. The summed E-state index contributed by atoms with van der Waals surface area (Å²) in [4.78, 5) is 0. The summed E-state index contributed by atoms with van der Waals surface area (Å²) in [5.41, 5.74) is 0.511. The van der Waals surface area contributed by atoms with E-state index in [2.05, 4.69) is 20.7 Å². The summed E-state index contributed by atoms with van der Waals surface area (Å²) in [5.74, 6) is -0.292. The summed E-state index contributed by atoms with van der Waals surface area (Å²) < 4.78 is 28.9. The summed E-state index contributed by atoms with van der Waals surface area (Å²) in [7, 11) is -1.21. The van der Waals surface area contributed by atoms with Gasteiger partial charge in [0, 0.05) is 16.1 Å². The minimum absolute atomic E-state index is 0.292. The Bertz CT molecular complexity index is 431. The van der Waals surface area contributed by atoms with Crippen LogP contribution in [0.4, 0.5) is 4.39 Å². The van der Waals surface area contributed by atoms with Crippen LogP contribution in [-0.4, -0.2) is 8.96 Å². The third kappa shape index (κ3) is 4.16. The predicted molar refractivity (Wildman–Crippen MR) is 73.5 cm³/mol. The van der Waals surface area contributed by atoms with Crippen molar-refractivity contribution in [3.8, 4) is 0 Å². The van der Waals surface area contributed by atoms with Gasteiger partial charge in [0.15, 0.2) is 0 Å². The van der Waals surface area contributed by atoms with Gasteiger partial charge in [-0.25, -0.2) is 13.3 Å². The average molecular weight is 322 g/mol. The van der Waals surface area contributed by atoms with Crippen molar-refractivity contribution in [2.24, 2.45) is 0 Å². The molecule has 1 rings (SSSR count). The highest BCUT2D eigenvalue weighted by atomic mass is 79.9. The van der Waals surface area contributed by atoms with Gasteiger partial charge in [0.05, 0.1) is 15.7 Å². The van der Waals surface area contributed by atoms with E-state index < -0.39 is 11.0 Å². The maximum atomic E-state index is 13.6. The van der Waals surface area contributed by atoms with Crippen LogP contribution in [0.15, 0.2) is 22.7 Å². The van der Waals surface area contributed by atoms with Gasteiger partial charge < -0.3 is 0 Å². The van der Waals surface area contributed by atoms with Crippen molar-refractivity contribution >= 4 is 26.9 Å². The van der Waals surface area contributed by atoms with Crippen LogP contribution in [0.5, 0.6) is 0 Å². The smallest absolute Gasteiger partial charge is 0.128 e. The van der Waals surface area contributed by atoms with Crippen LogP contribution in [0, 0.1) is 5.82 Å². The number of hydrogen-bond acceptors (Lipinski definition) is 1. The Morgan fingerprint density at radius 1 is 1.41 bits per heavy atom. The van der Waals surface area contributed by atoms with E-state index in [-0.39, 0.29) is 16.6 Å². The first-order valence-corrected chi connectivity index (χ1v) is 7.29. The van der Waals surface area contributed by atoms with Gasteiger partial charge in [-0.05, 0) is 45.9 Å². The molecule has 0 spiro atoms. The normalized spacial score (nSPS) is 15.6. The molecule has 1 aromatic rings. The van der Waals surface area contributed by atoms with Crippen LogP contribution >= 0.6 is 15.9 Å². The molecule has 0 fully saturated rings. The number of benzene rings is 1. The quantitative estimate of drug-likeness (QED) is 0.903. The van der Waals surface area contributed by atoms with Gasteiger partial charge in [-0.3, -0.25) is 0 Å². The summed E-state index contributed by atoms with van der Waals surface area (Å²) >= 11 is 3.30. The highest BCUT2D eigenvalue weighted by molar-refractivity contribution is 9.10. The molecule has 0 heterocycles. The fraction of sp³-hybridized carbons (Fsp3) is 0.500.